The number of fused-ring (bicyclic) bond motifs is 1. The molecule has 0 unspecified atom stereocenters. The Kier molecular flexibility index (Phi) is 5.07. The van der Waals surface area contributed by atoms with Gasteiger partial charge in [-0.3, -0.25) is 9.69 Å². The first-order valence-corrected chi connectivity index (χ1v) is 9.39. The summed E-state index contributed by atoms with van der Waals surface area (Å²) in [4.78, 5) is 17.0. The molecule has 28 heavy (non-hydrogen) atoms. The maximum atomic E-state index is 12.8. The molecule has 6 nitrogen and oxygen atoms in total. The van der Waals surface area contributed by atoms with Gasteiger partial charge in [0.25, 0.3) is 0 Å². The van der Waals surface area contributed by atoms with Crippen LogP contribution in [0.4, 0.5) is 5.69 Å². The number of benzene rings is 2. The third-order valence-corrected chi connectivity index (χ3v) is 5.11. The number of hydrogen-bond donors (Lipinski definition) is 1. The van der Waals surface area contributed by atoms with Crippen molar-refractivity contribution in [2.24, 2.45) is 0 Å². The van der Waals surface area contributed by atoms with Gasteiger partial charge in [-0.15, -0.1) is 0 Å². The number of allylic oxidation sites excluding steroid dienone is 1. The summed E-state index contributed by atoms with van der Waals surface area (Å²) in [5.41, 5.74) is 3.12. The molecule has 1 fully saturated rings. The van der Waals surface area contributed by atoms with E-state index in [4.69, 9.17) is 9.47 Å². The molecule has 2 aromatic carbocycles. The lowest BCUT2D eigenvalue weighted by molar-refractivity contribution is 0.0336. The van der Waals surface area contributed by atoms with Gasteiger partial charge in [-0.1, -0.05) is 12.1 Å². The molecular formula is C22H24N2O4. The third kappa shape index (κ3) is 3.61. The second-order valence-electron chi connectivity index (χ2n) is 7.25. The molecule has 1 saturated heterocycles. The number of phenols is 1. The smallest absolute Gasteiger partial charge is 0.231 e. The predicted octanol–water partition coefficient (Wildman–Crippen LogP) is 2.91. The first-order chi connectivity index (χ1) is 13.5. The number of hydrogen-bond acceptors (Lipinski definition) is 6. The molecule has 4 rings (SSSR count). The van der Waals surface area contributed by atoms with Crippen LogP contribution in [0.3, 0.4) is 0 Å². The number of aromatic hydroxyl groups is 1. The Morgan fingerprint density at radius 3 is 2.50 bits per heavy atom. The lowest BCUT2D eigenvalue weighted by Gasteiger charge is -2.27. The summed E-state index contributed by atoms with van der Waals surface area (Å²) in [6.45, 7) is 3.44. The number of phenolic OH excluding ortho intramolecular Hbond substituents is 1. The molecule has 1 N–H and O–H groups in total. The molecule has 0 spiro atoms. The predicted molar refractivity (Wildman–Crippen MR) is 108 cm³/mol. The Hall–Kier alpha value is -2.83. The Labute approximate surface area is 164 Å². The van der Waals surface area contributed by atoms with Crippen LogP contribution in [-0.4, -0.2) is 56.2 Å². The molecule has 0 saturated carbocycles. The van der Waals surface area contributed by atoms with Gasteiger partial charge in [0.05, 0.1) is 24.3 Å². The Bertz CT molecular complexity index is 913. The van der Waals surface area contributed by atoms with Gasteiger partial charge in [-0.2, -0.15) is 0 Å². The van der Waals surface area contributed by atoms with E-state index in [2.05, 4.69) is 4.90 Å². The normalized spacial score (nSPS) is 18.2. The van der Waals surface area contributed by atoms with Crippen LogP contribution < -0.4 is 9.64 Å². The van der Waals surface area contributed by atoms with Gasteiger partial charge in [0.15, 0.2) is 5.76 Å². The fraction of sp³-hybridized carbons (Fsp3) is 0.318. The van der Waals surface area contributed by atoms with Gasteiger partial charge in [-0.25, -0.2) is 0 Å². The molecule has 2 aliphatic heterocycles. The number of ketones is 1. The number of nitrogens with zero attached hydrogens (tertiary/aromatic N) is 2. The topological polar surface area (TPSA) is 62.2 Å². The van der Waals surface area contributed by atoms with Crippen molar-refractivity contribution < 1.29 is 19.4 Å². The van der Waals surface area contributed by atoms with Crippen LogP contribution in [0.15, 0.2) is 42.2 Å². The van der Waals surface area contributed by atoms with Crippen molar-refractivity contribution in [1.82, 2.24) is 4.90 Å². The molecule has 0 amide bonds. The van der Waals surface area contributed by atoms with Gasteiger partial charge >= 0.3 is 0 Å². The molecule has 0 atom stereocenters. The molecule has 0 aliphatic carbocycles. The van der Waals surface area contributed by atoms with Gasteiger partial charge in [-0.05, 0) is 35.9 Å². The lowest BCUT2D eigenvalue weighted by Crippen LogP contribution is -2.35. The fourth-order valence-corrected chi connectivity index (χ4v) is 3.45. The van der Waals surface area contributed by atoms with Gasteiger partial charge in [0.1, 0.15) is 11.5 Å². The van der Waals surface area contributed by atoms with Crippen molar-refractivity contribution in [1.29, 1.82) is 0 Å². The zero-order valence-corrected chi connectivity index (χ0v) is 16.1. The third-order valence-electron chi connectivity index (χ3n) is 5.11. The van der Waals surface area contributed by atoms with E-state index in [1.165, 1.54) is 0 Å². The highest BCUT2D eigenvalue weighted by molar-refractivity contribution is 6.15. The maximum absolute atomic E-state index is 12.8. The van der Waals surface area contributed by atoms with Crippen molar-refractivity contribution >= 4 is 17.5 Å². The first kappa shape index (κ1) is 18.5. The summed E-state index contributed by atoms with van der Waals surface area (Å²) < 4.78 is 11.3. The first-order valence-electron chi connectivity index (χ1n) is 9.39. The number of rotatable bonds is 4. The van der Waals surface area contributed by atoms with Gasteiger partial charge in [0.2, 0.25) is 5.78 Å². The number of anilines is 1. The van der Waals surface area contributed by atoms with Crippen molar-refractivity contribution in [2.45, 2.75) is 6.54 Å². The molecule has 0 radical (unpaired) electrons. The SMILES string of the molecule is CN(C)c1ccc(/C=C2\Oc3c(ccc(O)c3CN3CCOCC3)C2=O)cc1. The lowest BCUT2D eigenvalue weighted by atomic mass is 10.0. The quantitative estimate of drug-likeness (QED) is 0.823. The van der Waals surface area contributed by atoms with E-state index in [1.807, 2.05) is 43.3 Å². The molecule has 2 aliphatic rings. The molecule has 0 aromatic heterocycles. The molecule has 0 bridgehead atoms. The highest BCUT2D eigenvalue weighted by atomic mass is 16.5. The summed E-state index contributed by atoms with van der Waals surface area (Å²) >= 11 is 0. The zero-order chi connectivity index (χ0) is 19.7. The fourth-order valence-electron chi connectivity index (χ4n) is 3.45. The zero-order valence-electron chi connectivity index (χ0n) is 16.1. The standard InChI is InChI=1S/C22H24N2O4/c1-23(2)16-5-3-15(4-6-16)13-20-21(26)17-7-8-19(25)18(22(17)28-20)14-24-9-11-27-12-10-24/h3-8,13,25H,9-12,14H2,1-2H3/b20-13-. The summed E-state index contributed by atoms with van der Waals surface area (Å²) in [6.07, 6.45) is 1.75. The highest BCUT2D eigenvalue weighted by Gasteiger charge is 2.31. The number of carbonyl (C=O) groups excluding carboxylic acids is 1. The Morgan fingerprint density at radius 1 is 1.11 bits per heavy atom. The number of carbonyl (C=O) groups is 1. The molecular weight excluding hydrogens is 356 g/mol. The van der Waals surface area contributed by atoms with Crippen LogP contribution in [0.25, 0.3) is 6.08 Å². The van der Waals surface area contributed by atoms with E-state index in [0.29, 0.717) is 36.6 Å². The van der Waals surface area contributed by atoms with Gasteiger partial charge in [0, 0.05) is 39.4 Å². The molecule has 2 heterocycles. The largest absolute Gasteiger partial charge is 0.507 e. The van der Waals surface area contributed by atoms with Crippen LogP contribution in [0.1, 0.15) is 21.5 Å². The van der Waals surface area contributed by atoms with E-state index in [0.717, 1.165) is 24.3 Å². The summed E-state index contributed by atoms with van der Waals surface area (Å²) in [5, 5.41) is 10.4. The summed E-state index contributed by atoms with van der Waals surface area (Å²) in [7, 11) is 3.96. The second kappa shape index (κ2) is 7.66. The second-order valence-corrected chi connectivity index (χ2v) is 7.25. The van der Waals surface area contributed by atoms with Crippen LogP contribution in [0.5, 0.6) is 11.5 Å². The van der Waals surface area contributed by atoms with Crippen LogP contribution >= 0.6 is 0 Å². The van der Waals surface area contributed by atoms with E-state index >= 15 is 0 Å². The number of ether oxygens (including phenoxy) is 2. The van der Waals surface area contributed by atoms with E-state index < -0.39 is 0 Å². The highest BCUT2D eigenvalue weighted by Crippen LogP contribution is 2.40. The Morgan fingerprint density at radius 2 is 1.82 bits per heavy atom. The number of Topliss-reactive ketones (excluding diaryl/α,β-unsaturated/α-hetero) is 1. The number of morpholine rings is 1. The summed E-state index contributed by atoms with van der Waals surface area (Å²) in [5.74, 6) is 0.735. The maximum Gasteiger partial charge on any atom is 0.231 e. The Balaban J connectivity index is 1.61. The minimum Gasteiger partial charge on any atom is -0.507 e. The van der Waals surface area contributed by atoms with E-state index in [9.17, 15) is 9.90 Å². The molecule has 146 valence electrons. The van der Waals surface area contributed by atoms with Crippen molar-refractivity contribution in [2.75, 3.05) is 45.3 Å². The van der Waals surface area contributed by atoms with Crippen LogP contribution in [-0.2, 0) is 11.3 Å². The van der Waals surface area contributed by atoms with E-state index in [1.54, 1.807) is 18.2 Å². The van der Waals surface area contributed by atoms with Crippen LogP contribution in [0, 0.1) is 0 Å². The van der Waals surface area contributed by atoms with Gasteiger partial charge < -0.3 is 19.5 Å². The summed E-state index contributed by atoms with van der Waals surface area (Å²) in [6, 6.07) is 11.1. The minimum atomic E-state index is -0.157. The van der Waals surface area contributed by atoms with E-state index in [-0.39, 0.29) is 17.3 Å². The van der Waals surface area contributed by atoms with Crippen molar-refractivity contribution in [3.05, 3.63) is 58.8 Å². The average molecular weight is 380 g/mol. The van der Waals surface area contributed by atoms with Crippen molar-refractivity contribution in [3.8, 4) is 11.5 Å². The monoisotopic (exact) mass is 380 g/mol. The molecule has 6 heteroatoms. The van der Waals surface area contributed by atoms with Crippen molar-refractivity contribution in [3.63, 3.8) is 0 Å². The average Bonchev–Trinajstić information content (AvgIpc) is 3.01. The van der Waals surface area contributed by atoms with Crippen LogP contribution in [0.2, 0.25) is 0 Å². The minimum absolute atomic E-state index is 0.148. The molecule has 2 aromatic rings.